The van der Waals surface area contributed by atoms with Crippen molar-refractivity contribution < 1.29 is 0 Å². The lowest BCUT2D eigenvalue weighted by atomic mass is 9.93. The quantitative estimate of drug-likeness (QED) is 0.404. The van der Waals surface area contributed by atoms with Gasteiger partial charge < -0.3 is 4.57 Å². The van der Waals surface area contributed by atoms with E-state index in [1.165, 1.54) is 16.6 Å². The Labute approximate surface area is 180 Å². The van der Waals surface area contributed by atoms with Crippen LogP contribution in [0.4, 0.5) is 0 Å². The lowest BCUT2D eigenvalue weighted by molar-refractivity contribution is 0.147. The first-order valence-electron chi connectivity index (χ1n) is 9.82. The van der Waals surface area contributed by atoms with Gasteiger partial charge in [-0.3, -0.25) is 4.90 Å². The fourth-order valence-electron chi connectivity index (χ4n) is 4.26. The molecule has 3 nitrogen and oxygen atoms in total. The summed E-state index contributed by atoms with van der Waals surface area (Å²) in [6, 6.07) is 23.2. The highest BCUT2D eigenvalue weighted by molar-refractivity contribution is 6.35. The van der Waals surface area contributed by atoms with Gasteiger partial charge in [0, 0.05) is 35.7 Å². The first-order chi connectivity index (χ1) is 14.2. The van der Waals surface area contributed by atoms with Crippen LogP contribution in [0, 0.1) is 0 Å². The van der Waals surface area contributed by atoms with E-state index in [0.29, 0.717) is 11.1 Å². The maximum absolute atomic E-state index is 6.49. The zero-order chi connectivity index (χ0) is 19.8. The number of para-hydroxylation sites is 2. The molecule has 0 saturated heterocycles. The zero-order valence-corrected chi connectivity index (χ0v) is 17.4. The Kier molecular flexibility index (Phi) is 5.04. The van der Waals surface area contributed by atoms with Crippen LogP contribution >= 0.6 is 23.2 Å². The van der Waals surface area contributed by atoms with Gasteiger partial charge in [-0.15, -0.1) is 0 Å². The van der Waals surface area contributed by atoms with Gasteiger partial charge in [0.15, 0.2) is 0 Å². The summed E-state index contributed by atoms with van der Waals surface area (Å²) in [4.78, 5) is 7.09. The number of hydrogen-bond donors (Lipinski definition) is 0. The third-order valence-corrected chi connectivity index (χ3v) is 6.37. The Morgan fingerprint density at radius 3 is 2.59 bits per heavy atom. The first kappa shape index (κ1) is 18.7. The largest absolute Gasteiger partial charge is 0.329 e. The first-order valence-corrected chi connectivity index (χ1v) is 10.6. The van der Waals surface area contributed by atoms with Crippen molar-refractivity contribution in [3.63, 3.8) is 0 Å². The molecule has 0 spiro atoms. The topological polar surface area (TPSA) is 21.1 Å². The van der Waals surface area contributed by atoms with E-state index in [4.69, 9.17) is 23.2 Å². The van der Waals surface area contributed by atoms with Crippen molar-refractivity contribution in [1.82, 2.24) is 14.5 Å². The number of fused-ring (bicyclic) bond motifs is 2. The highest BCUT2D eigenvalue weighted by Gasteiger charge is 2.27. The average Bonchev–Trinajstić information content (AvgIpc) is 3.13. The number of aromatic nitrogens is 2. The van der Waals surface area contributed by atoms with E-state index in [-0.39, 0.29) is 0 Å². The molecule has 0 saturated carbocycles. The summed E-state index contributed by atoms with van der Waals surface area (Å²) in [6.45, 7) is 2.59. The van der Waals surface area contributed by atoms with Crippen LogP contribution in [0.25, 0.3) is 11.0 Å². The third kappa shape index (κ3) is 3.78. The molecule has 29 heavy (non-hydrogen) atoms. The predicted molar refractivity (Wildman–Crippen MR) is 119 cm³/mol. The number of imidazole rings is 1. The second-order valence-corrected chi connectivity index (χ2v) is 8.50. The Bertz CT molecular complexity index is 1170. The molecule has 0 radical (unpaired) electrons. The minimum Gasteiger partial charge on any atom is -0.329 e. The molecule has 0 bridgehead atoms. The highest BCUT2D eigenvalue weighted by atomic mass is 35.5. The van der Waals surface area contributed by atoms with Gasteiger partial charge in [0.2, 0.25) is 0 Å². The van der Waals surface area contributed by atoms with Gasteiger partial charge >= 0.3 is 0 Å². The molecule has 1 aromatic heterocycles. The Balaban J connectivity index is 1.48. The number of hydrogen-bond acceptors (Lipinski definition) is 2. The van der Waals surface area contributed by atoms with E-state index in [1.54, 1.807) is 0 Å². The van der Waals surface area contributed by atoms with Crippen LogP contribution < -0.4 is 0 Å². The molecule has 0 aliphatic carbocycles. The summed E-state index contributed by atoms with van der Waals surface area (Å²) < 4.78 is 2.27. The molecule has 5 rings (SSSR count). The maximum atomic E-state index is 6.49. The number of rotatable bonds is 4. The summed E-state index contributed by atoms with van der Waals surface area (Å²) in [5, 5.41) is 1.40. The van der Waals surface area contributed by atoms with Crippen LogP contribution in [0.5, 0.6) is 0 Å². The zero-order valence-electron chi connectivity index (χ0n) is 15.9. The predicted octanol–water partition coefficient (Wildman–Crippen LogP) is 5.97. The van der Waals surface area contributed by atoms with Crippen molar-refractivity contribution >= 4 is 34.2 Å². The van der Waals surface area contributed by atoms with Crippen molar-refractivity contribution in [2.75, 3.05) is 0 Å². The summed E-state index contributed by atoms with van der Waals surface area (Å²) in [5.74, 6) is 0. The molecule has 0 fully saturated rings. The second kappa shape index (κ2) is 7.83. The molecule has 4 aromatic rings. The molecule has 0 N–H and O–H groups in total. The SMILES string of the molecule is Clc1ccc(CN2Cc3ccccc3CC2Cn2cnc3ccccc32)c(Cl)c1. The molecular weight excluding hydrogens is 401 g/mol. The maximum Gasteiger partial charge on any atom is 0.0958 e. The van der Waals surface area contributed by atoms with E-state index in [1.807, 2.05) is 30.6 Å². The molecule has 3 aromatic carbocycles. The van der Waals surface area contributed by atoms with Crippen LogP contribution in [0.2, 0.25) is 10.0 Å². The summed E-state index contributed by atoms with van der Waals surface area (Å²) in [5.41, 5.74) is 6.15. The fourth-order valence-corrected chi connectivity index (χ4v) is 4.73. The van der Waals surface area contributed by atoms with Crippen LogP contribution in [-0.2, 0) is 26.1 Å². The van der Waals surface area contributed by atoms with Crippen molar-refractivity contribution in [3.8, 4) is 0 Å². The van der Waals surface area contributed by atoms with E-state index in [0.717, 1.165) is 42.2 Å². The Morgan fingerprint density at radius 2 is 1.72 bits per heavy atom. The molecule has 1 atom stereocenters. The normalized spacial score (nSPS) is 16.8. The van der Waals surface area contributed by atoms with Crippen molar-refractivity contribution in [1.29, 1.82) is 0 Å². The highest BCUT2D eigenvalue weighted by Crippen LogP contribution is 2.29. The van der Waals surface area contributed by atoms with Gasteiger partial charge in [0.1, 0.15) is 0 Å². The minimum absolute atomic E-state index is 0.356. The van der Waals surface area contributed by atoms with Gasteiger partial charge in [0.05, 0.1) is 17.4 Å². The van der Waals surface area contributed by atoms with Crippen LogP contribution in [0.1, 0.15) is 16.7 Å². The van der Waals surface area contributed by atoms with Gasteiger partial charge in [-0.1, -0.05) is 65.7 Å². The number of halogens is 2. The lowest BCUT2D eigenvalue weighted by Gasteiger charge is -2.37. The monoisotopic (exact) mass is 421 g/mol. The van der Waals surface area contributed by atoms with Gasteiger partial charge in [-0.2, -0.15) is 0 Å². The van der Waals surface area contributed by atoms with Gasteiger partial charge in [-0.05, 0) is 47.4 Å². The van der Waals surface area contributed by atoms with E-state index >= 15 is 0 Å². The van der Waals surface area contributed by atoms with Crippen LogP contribution in [0.3, 0.4) is 0 Å². The van der Waals surface area contributed by atoms with E-state index < -0.39 is 0 Å². The summed E-state index contributed by atoms with van der Waals surface area (Å²) in [7, 11) is 0. The fraction of sp³-hybridized carbons (Fsp3) is 0.208. The lowest BCUT2D eigenvalue weighted by Crippen LogP contribution is -2.42. The number of nitrogens with zero attached hydrogens (tertiary/aromatic N) is 3. The van der Waals surface area contributed by atoms with Crippen molar-refractivity contribution in [2.45, 2.75) is 32.1 Å². The molecule has 5 heteroatoms. The molecule has 1 aliphatic rings. The third-order valence-electron chi connectivity index (χ3n) is 5.79. The Morgan fingerprint density at radius 1 is 0.931 bits per heavy atom. The minimum atomic E-state index is 0.356. The number of benzene rings is 3. The summed E-state index contributed by atoms with van der Waals surface area (Å²) in [6.07, 6.45) is 2.96. The van der Waals surface area contributed by atoms with Crippen molar-refractivity contribution in [2.24, 2.45) is 0 Å². The van der Waals surface area contributed by atoms with Crippen LogP contribution in [0.15, 0.2) is 73.1 Å². The second-order valence-electron chi connectivity index (χ2n) is 7.65. The van der Waals surface area contributed by atoms with E-state index in [9.17, 15) is 0 Å². The molecule has 0 amide bonds. The summed E-state index contributed by atoms with van der Waals surface area (Å²) >= 11 is 12.6. The Hall–Kier alpha value is -2.33. The molecule has 1 unspecified atom stereocenters. The van der Waals surface area contributed by atoms with Gasteiger partial charge in [-0.25, -0.2) is 4.98 Å². The molecule has 146 valence electrons. The average molecular weight is 422 g/mol. The van der Waals surface area contributed by atoms with E-state index in [2.05, 4.69) is 56.9 Å². The van der Waals surface area contributed by atoms with Crippen LogP contribution in [-0.4, -0.2) is 20.5 Å². The smallest absolute Gasteiger partial charge is 0.0958 e. The standard InChI is InChI=1S/C24H21Cl2N3/c25-20-10-9-19(22(26)12-20)14-28-13-18-6-2-1-5-17(18)11-21(28)15-29-16-27-23-7-3-4-8-24(23)29/h1-10,12,16,21H,11,13-15H2. The van der Waals surface area contributed by atoms with Gasteiger partial charge in [0.25, 0.3) is 0 Å². The molecular formula is C24H21Cl2N3. The van der Waals surface area contributed by atoms with Crippen molar-refractivity contribution in [3.05, 3.63) is 99.8 Å². The molecule has 1 aliphatic heterocycles. The molecule has 2 heterocycles.